The summed E-state index contributed by atoms with van der Waals surface area (Å²) in [6.07, 6.45) is 1.27. The van der Waals surface area contributed by atoms with E-state index in [0.717, 1.165) is 0 Å². The standard InChI is InChI=1S/C17H21ClFN3O3/c18-14-2-1-13(11-15(14)19)20-17(24)22-5-3-12(4-6-22)16(23)21-7-9-25-10-8-21/h1-2,11-12H,3-10H2,(H,20,24). The molecule has 1 aromatic rings. The van der Waals surface area contributed by atoms with Gasteiger partial charge in [0.05, 0.1) is 18.2 Å². The van der Waals surface area contributed by atoms with Crippen molar-refractivity contribution >= 4 is 29.2 Å². The first kappa shape index (κ1) is 17.9. The molecule has 3 rings (SSSR count). The van der Waals surface area contributed by atoms with Gasteiger partial charge in [0.1, 0.15) is 5.82 Å². The number of hydrogen-bond donors (Lipinski definition) is 1. The Hall–Kier alpha value is -1.86. The monoisotopic (exact) mass is 369 g/mol. The van der Waals surface area contributed by atoms with Crippen LogP contribution in [-0.2, 0) is 9.53 Å². The number of carbonyl (C=O) groups excluding carboxylic acids is 2. The van der Waals surface area contributed by atoms with Gasteiger partial charge < -0.3 is 19.9 Å². The Morgan fingerprint density at radius 2 is 1.80 bits per heavy atom. The topological polar surface area (TPSA) is 61.9 Å². The average molecular weight is 370 g/mol. The lowest BCUT2D eigenvalue weighted by Crippen LogP contribution is -2.48. The molecule has 2 aliphatic heterocycles. The lowest BCUT2D eigenvalue weighted by atomic mass is 9.95. The van der Waals surface area contributed by atoms with Gasteiger partial charge in [-0.3, -0.25) is 4.79 Å². The first-order valence-corrected chi connectivity index (χ1v) is 8.80. The molecule has 0 radical (unpaired) electrons. The molecule has 2 aliphatic rings. The highest BCUT2D eigenvalue weighted by molar-refractivity contribution is 6.30. The van der Waals surface area contributed by atoms with Gasteiger partial charge in [0.15, 0.2) is 0 Å². The highest BCUT2D eigenvalue weighted by Gasteiger charge is 2.30. The van der Waals surface area contributed by atoms with E-state index < -0.39 is 5.82 Å². The largest absolute Gasteiger partial charge is 0.378 e. The molecule has 2 heterocycles. The smallest absolute Gasteiger partial charge is 0.321 e. The van der Waals surface area contributed by atoms with E-state index >= 15 is 0 Å². The molecule has 2 fully saturated rings. The van der Waals surface area contributed by atoms with Crippen LogP contribution in [0.4, 0.5) is 14.9 Å². The summed E-state index contributed by atoms with van der Waals surface area (Å²) < 4.78 is 18.7. The third-order valence-electron chi connectivity index (χ3n) is 4.63. The molecule has 0 aliphatic carbocycles. The fraction of sp³-hybridized carbons (Fsp3) is 0.529. The van der Waals surface area contributed by atoms with Crippen LogP contribution in [0.2, 0.25) is 5.02 Å². The number of hydrogen-bond acceptors (Lipinski definition) is 3. The van der Waals surface area contributed by atoms with Crippen LogP contribution in [-0.4, -0.2) is 61.1 Å². The maximum atomic E-state index is 13.4. The number of nitrogens with zero attached hydrogens (tertiary/aromatic N) is 2. The lowest BCUT2D eigenvalue weighted by molar-refractivity contribution is -0.140. The number of halogens is 2. The zero-order valence-electron chi connectivity index (χ0n) is 13.8. The fourth-order valence-electron chi connectivity index (χ4n) is 3.15. The van der Waals surface area contributed by atoms with Crippen LogP contribution >= 0.6 is 11.6 Å². The van der Waals surface area contributed by atoms with Crippen LogP contribution in [0, 0.1) is 11.7 Å². The number of morpholine rings is 1. The number of carbonyl (C=O) groups is 2. The number of urea groups is 1. The van der Waals surface area contributed by atoms with Crippen molar-refractivity contribution in [2.24, 2.45) is 5.92 Å². The zero-order valence-corrected chi connectivity index (χ0v) is 14.6. The van der Waals surface area contributed by atoms with E-state index in [9.17, 15) is 14.0 Å². The molecule has 6 nitrogen and oxygen atoms in total. The number of likely N-dealkylation sites (tertiary alicyclic amines) is 1. The van der Waals surface area contributed by atoms with Crippen LogP contribution in [0.25, 0.3) is 0 Å². The van der Waals surface area contributed by atoms with E-state index in [1.165, 1.54) is 12.1 Å². The molecule has 2 saturated heterocycles. The van der Waals surface area contributed by atoms with Crippen molar-refractivity contribution in [2.75, 3.05) is 44.7 Å². The van der Waals surface area contributed by atoms with Gasteiger partial charge in [-0.2, -0.15) is 0 Å². The summed E-state index contributed by atoms with van der Waals surface area (Å²) in [5.41, 5.74) is 0.360. The Morgan fingerprint density at radius 1 is 1.12 bits per heavy atom. The van der Waals surface area contributed by atoms with Crippen molar-refractivity contribution in [1.82, 2.24) is 9.80 Å². The second kappa shape index (κ2) is 8.01. The lowest BCUT2D eigenvalue weighted by Gasteiger charge is -2.35. The molecule has 1 aromatic carbocycles. The minimum absolute atomic E-state index is 0.0143. The molecule has 3 amide bonds. The predicted octanol–water partition coefficient (Wildman–Crippen LogP) is 2.58. The third-order valence-corrected chi connectivity index (χ3v) is 4.93. The normalized spacial score (nSPS) is 19.0. The number of nitrogens with one attached hydrogen (secondary N) is 1. The number of piperidine rings is 1. The Balaban J connectivity index is 1.50. The second-order valence-corrected chi connectivity index (χ2v) is 6.67. The van der Waals surface area contributed by atoms with E-state index in [1.54, 1.807) is 11.0 Å². The van der Waals surface area contributed by atoms with E-state index in [0.29, 0.717) is 57.9 Å². The van der Waals surface area contributed by atoms with E-state index in [2.05, 4.69) is 5.32 Å². The Kier molecular flexibility index (Phi) is 5.75. The maximum absolute atomic E-state index is 13.4. The van der Waals surface area contributed by atoms with Gasteiger partial charge in [-0.25, -0.2) is 9.18 Å². The molecule has 1 N–H and O–H groups in total. The number of amides is 3. The SMILES string of the molecule is O=C(Nc1ccc(Cl)c(F)c1)N1CCC(C(=O)N2CCOCC2)CC1. The summed E-state index contributed by atoms with van der Waals surface area (Å²) in [5, 5.41) is 2.68. The van der Waals surface area contributed by atoms with Gasteiger partial charge in [-0.15, -0.1) is 0 Å². The van der Waals surface area contributed by atoms with Gasteiger partial charge in [-0.05, 0) is 31.0 Å². The van der Waals surface area contributed by atoms with Gasteiger partial charge >= 0.3 is 6.03 Å². The zero-order chi connectivity index (χ0) is 17.8. The molecule has 0 aromatic heterocycles. The Bertz CT molecular complexity index is 644. The fourth-order valence-corrected chi connectivity index (χ4v) is 3.27. The summed E-state index contributed by atoms with van der Waals surface area (Å²) in [4.78, 5) is 28.3. The molecule has 8 heteroatoms. The van der Waals surface area contributed by atoms with E-state index in [-0.39, 0.29) is 22.9 Å². The van der Waals surface area contributed by atoms with Gasteiger partial charge in [-0.1, -0.05) is 11.6 Å². The average Bonchev–Trinajstić information content (AvgIpc) is 2.65. The van der Waals surface area contributed by atoms with E-state index in [4.69, 9.17) is 16.3 Å². The molecular weight excluding hydrogens is 349 g/mol. The van der Waals surface area contributed by atoms with Gasteiger partial charge in [0, 0.05) is 37.8 Å². The number of ether oxygens (including phenoxy) is 1. The summed E-state index contributed by atoms with van der Waals surface area (Å²) in [7, 11) is 0. The first-order chi connectivity index (χ1) is 12.0. The summed E-state index contributed by atoms with van der Waals surface area (Å²) >= 11 is 5.63. The van der Waals surface area contributed by atoms with Crippen molar-refractivity contribution in [2.45, 2.75) is 12.8 Å². The van der Waals surface area contributed by atoms with Gasteiger partial charge in [0.25, 0.3) is 0 Å². The van der Waals surface area contributed by atoms with Crippen molar-refractivity contribution < 1.29 is 18.7 Å². The molecule has 0 spiro atoms. The highest BCUT2D eigenvalue weighted by atomic mass is 35.5. The molecule has 0 saturated carbocycles. The van der Waals surface area contributed by atoms with Crippen LogP contribution in [0.1, 0.15) is 12.8 Å². The maximum Gasteiger partial charge on any atom is 0.321 e. The second-order valence-electron chi connectivity index (χ2n) is 6.26. The minimum Gasteiger partial charge on any atom is -0.378 e. The first-order valence-electron chi connectivity index (χ1n) is 8.42. The minimum atomic E-state index is -0.575. The van der Waals surface area contributed by atoms with Crippen LogP contribution in [0.15, 0.2) is 18.2 Å². The summed E-state index contributed by atoms with van der Waals surface area (Å²) in [5.74, 6) is -0.465. The van der Waals surface area contributed by atoms with Crippen LogP contribution < -0.4 is 5.32 Å². The van der Waals surface area contributed by atoms with Crippen LogP contribution in [0.5, 0.6) is 0 Å². The number of rotatable bonds is 2. The van der Waals surface area contributed by atoms with Crippen LogP contribution in [0.3, 0.4) is 0 Å². The van der Waals surface area contributed by atoms with Crippen molar-refractivity contribution in [1.29, 1.82) is 0 Å². The summed E-state index contributed by atoms with van der Waals surface area (Å²) in [6, 6.07) is 3.85. The predicted molar refractivity (Wildman–Crippen MR) is 92.1 cm³/mol. The molecule has 25 heavy (non-hydrogen) atoms. The highest BCUT2D eigenvalue weighted by Crippen LogP contribution is 2.22. The van der Waals surface area contributed by atoms with Gasteiger partial charge in [0.2, 0.25) is 5.91 Å². The molecule has 136 valence electrons. The summed E-state index contributed by atoms with van der Waals surface area (Å²) in [6.45, 7) is 3.46. The third kappa shape index (κ3) is 4.41. The van der Waals surface area contributed by atoms with Crippen molar-refractivity contribution in [3.05, 3.63) is 29.0 Å². The Labute approximate surface area is 150 Å². The number of benzene rings is 1. The molecule has 0 atom stereocenters. The van der Waals surface area contributed by atoms with Crippen molar-refractivity contribution in [3.63, 3.8) is 0 Å². The molecule has 0 bridgehead atoms. The number of anilines is 1. The molecular formula is C17H21ClFN3O3. The Morgan fingerprint density at radius 3 is 2.44 bits per heavy atom. The molecule has 0 unspecified atom stereocenters. The van der Waals surface area contributed by atoms with Crippen molar-refractivity contribution in [3.8, 4) is 0 Å². The van der Waals surface area contributed by atoms with E-state index in [1.807, 2.05) is 4.90 Å². The quantitative estimate of drug-likeness (QED) is 0.871.